The van der Waals surface area contributed by atoms with Crippen LogP contribution in [0.2, 0.25) is 0 Å². The first-order chi connectivity index (χ1) is 19.3. The first-order valence-corrected chi connectivity index (χ1v) is 14.6. The maximum atomic E-state index is 12.8. The van der Waals surface area contributed by atoms with Crippen molar-refractivity contribution >= 4 is 44.8 Å². The lowest BCUT2D eigenvalue weighted by atomic mass is 10.0. The molecular formula is C28H33N5O6S. The van der Waals surface area contributed by atoms with Crippen LogP contribution < -0.4 is 14.9 Å². The van der Waals surface area contributed by atoms with Crippen molar-refractivity contribution in [3.8, 4) is 0 Å². The van der Waals surface area contributed by atoms with Crippen molar-refractivity contribution in [2.75, 3.05) is 37.7 Å². The second-order valence-electron chi connectivity index (χ2n) is 9.43. The number of hydrogen-bond donors (Lipinski definition) is 2. The fraction of sp³-hybridized carbons (Fsp3) is 0.357. The molecule has 0 aliphatic carbocycles. The summed E-state index contributed by atoms with van der Waals surface area (Å²) in [7, 11) is -3.99. The summed E-state index contributed by atoms with van der Waals surface area (Å²) in [5.41, 5.74) is 1.05. The zero-order valence-corrected chi connectivity index (χ0v) is 23.0. The lowest BCUT2D eigenvalue weighted by molar-refractivity contribution is -0.148. The Morgan fingerprint density at radius 2 is 1.80 bits per heavy atom. The summed E-state index contributed by atoms with van der Waals surface area (Å²) in [6.07, 6.45) is 5.49. The number of pyridine rings is 1. The number of amides is 2. The van der Waals surface area contributed by atoms with Crippen LogP contribution in [0.3, 0.4) is 0 Å². The highest BCUT2D eigenvalue weighted by molar-refractivity contribution is 7.89. The molecule has 2 N–H and O–H groups in total. The molecule has 11 nitrogen and oxygen atoms in total. The number of hydrogen-bond acceptors (Lipinski definition) is 8. The molecule has 1 atom stereocenters. The Labute approximate surface area is 233 Å². The zero-order chi connectivity index (χ0) is 28.5. The zero-order valence-electron chi connectivity index (χ0n) is 22.2. The van der Waals surface area contributed by atoms with Gasteiger partial charge in [0.05, 0.1) is 24.6 Å². The number of nitrogens with one attached hydrogen (secondary N) is 2. The molecule has 0 bridgehead atoms. The molecule has 1 saturated heterocycles. The minimum atomic E-state index is -3.99. The van der Waals surface area contributed by atoms with E-state index in [-0.39, 0.29) is 24.1 Å². The van der Waals surface area contributed by atoms with Crippen molar-refractivity contribution in [1.82, 2.24) is 19.9 Å². The van der Waals surface area contributed by atoms with Crippen LogP contribution in [0.5, 0.6) is 0 Å². The van der Waals surface area contributed by atoms with Gasteiger partial charge in [0, 0.05) is 37.2 Å². The molecule has 3 aromatic rings. The number of aromatic nitrogens is 1. The third-order valence-corrected chi connectivity index (χ3v) is 8.25. The van der Waals surface area contributed by atoms with Gasteiger partial charge in [-0.3, -0.25) is 14.6 Å². The average molecular weight is 568 g/mol. The molecule has 1 aliphatic heterocycles. The van der Waals surface area contributed by atoms with Crippen molar-refractivity contribution < 1.29 is 27.5 Å². The Hall–Kier alpha value is -4.03. The molecule has 0 radical (unpaired) electrons. The fourth-order valence-corrected chi connectivity index (χ4v) is 5.76. The second-order valence-corrected chi connectivity index (χ2v) is 11.2. The molecule has 1 aromatic heterocycles. The third-order valence-electron chi connectivity index (χ3n) is 6.85. The van der Waals surface area contributed by atoms with E-state index in [1.807, 2.05) is 30.3 Å². The van der Waals surface area contributed by atoms with Crippen LogP contribution in [0.25, 0.3) is 10.8 Å². The van der Waals surface area contributed by atoms with Crippen molar-refractivity contribution in [3.63, 3.8) is 0 Å². The lowest BCUT2D eigenvalue weighted by Crippen LogP contribution is -2.54. The van der Waals surface area contributed by atoms with E-state index in [1.165, 1.54) is 17.0 Å². The topological polar surface area (TPSA) is 138 Å². The van der Waals surface area contributed by atoms with Crippen molar-refractivity contribution in [3.05, 3.63) is 67.0 Å². The molecule has 12 heteroatoms. The number of fused-ring (bicyclic) bond motifs is 1. The summed E-state index contributed by atoms with van der Waals surface area (Å²) in [6, 6.07) is 14.6. The van der Waals surface area contributed by atoms with Crippen molar-refractivity contribution in [1.29, 1.82) is 0 Å². The molecule has 2 amide bonds. The van der Waals surface area contributed by atoms with E-state index in [0.29, 0.717) is 32.3 Å². The van der Waals surface area contributed by atoms with Crippen LogP contribution in [-0.4, -0.2) is 81.5 Å². The molecule has 1 unspecified atom stereocenters. The molecule has 1 aliphatic rings. The molecule has 212 valence electrons. The van der Waals surface area contributed by atoms with Crippen LogP contribution in [0.1, 0.15) is 19.8 Å². The Balaban J connectivity index is 1.36. The normalized spacial score (nSPS) is 14.9. The van der Waals surface area contributed by atoms with Gasteiger partial charge in [-0.25, -0.2) is 17.9 Å². The maximum absolute atomic E-state index is 12.8. The first kappa shape index (κ1) is 29.0. The van der Waals surface area contributed by atoms with Crippen LogP contribution >= 0.6 is 0 Å². The van der Waals surface area contributed by atoms with E-state index in [4.69, 9.17) is 4.74 Å². The second kappa shape index (κ2) is 13.4. The quantitative estimate of drug-likeness (QED) is 0.249. The first-order valence-electron chi connectivity index (χ1n) is 13.1. The van der Waals surface area contributed by atoms with Gasteiger partial charge in [-0.15, -0.1) is 0 Å². The molecule has 0 spiro atoms. The van der Waals surface area contributed by atoms with Gasteiger partial charge in [0.1, 0.15) is 6.04 Å². The van der Waals surface area contributed by atoms with Gasteiger partial charge in [-0.2, -0.15) is 0 Å². The van der Waals surface area contributed by atoms with Crippen molar-refractivity contribution in [2.24, 2.45) is 0 Å². The minimum absolute atomic E-state index is 0.0196. The number of carbonyl (C=O) groups excluding carboxylic acids is 3. The summed E-state index contributed by atoms with van der Waals surface area (Å²) in [5, 5.41) is 4.17. The van der Waals surface area contributed by atoms with Gasteiger partial charge in [0.15, 0.2) is 0 Å². The largest absolute Gasteiger partial charge is 0.464 e. The number of rotatable bonds is 12. The van der Waals surface area contributed by atoms with Gasteiger partial charge in [0.2, 0.25) is 22.3 Å². The Morgan fingerprint density at radius 3 is 2.48 bits per heavy atom. The Bertz CT molecular complexity index is 1430. The number of benzene rings is 2. The predicted molar refractivity (Wildman–Crippen MR) is 150 cm³/mol. The number of sulfonamides is 1. The molecule has 1 fully saturated rings. The Morgan fingerprint density at radius 1 is 1.10 bits per heavy atom. The highest BCUT2D eigenvalue weighted by Crippen LogP contribution is 2.22. The van der Waals surface area contributed by atoms with E-state index >= 15 is 0 Å². The van der Waals surface area contributed by atoms with Gasteiger partial charge in [0.25, 0.3) is 0 Å². The number of piperidine rings is 1. The van der Waals surface area contributed by atoms with Gasteiger partial charge in [-0.05, 0) is 54.8 Å². The molecule has 40 heavy (non-hydrogen) atoms. The average Bonchev–Trinajstić information content (AvgIpc) is 2.98. The summed E-state index contributed by atoms with van der Waals surface area (Å²) in [6.45, 7) is 2.48. The van der Waals surface area contributed by atoms with E-state index in [1.54, 1.807) is 31.5 Å². The molecular weight excluding hydrogens is 534 g/mol. The molecule has 4 rings (SSSR count). The van der Waals surface area contributed by atoms with Gasteiger partial charge >= 0.3 is 5.97 Å². The number of anilines is 1. The molecule has 2 heterocycles. The highest BCUT2D eigenvalue weighted by Gasteiger charge is 2.30. The van der Waals surface area contributed by atoms with Crippen LogP contribution in [0.15, 0.2) is 71.9 Å². The van der Waals surface area contributed by atoms with E-state index in [2.05, 4.69) is 19.9 Å². The van der Waals surface area contributed by atoms with Crippen molar-refractivity contribution in [2.45, 2.75) is 36.7 Å². The lowest BCUT2D eigenvalue weighted by Gasteiger charge is -2.38. The summed E-state index contributed by atoms with van der Waals surface area (Å²) in [5.74, 6) is -1.42. The maximum Gasteiger partial charge on any atom is 0.330 e. The van der Waals surface area contributed by atoms with E-state index in [0.717, 1.165) is 16.5 Å². The number of nitrogens with zero attached hydrogens (tertiary/aromatic N) is 3. The minimum Gasteiger partial charge on any atom is -0.464 e. The number of carbonyl (C=O) groups is 3. The SMILES string of the molecule is CCOC(=O)C(CN(C=O)C1CCN(c2ccncc2)CC1)NC(=O)CNS(=O)(=O)c1ccc2ccccc2c1. The highest BCUT2D eigenvalue weighted by atomic mass is 32.2. The standard InChI is InChI=1S/C28H33N5O6S/c1-2-39-28(36)26(19-33(20-34)24-11-15-32(16-12-24)23-9-13-29-14-10-23)31-27(35)18-30-40(37,38)25-8-7-21-5-3-4-6-22(21)17-25/h3-10,13-14,17,20,24,26,30H,2,11-12,15-16,18-19H2,1H3,(H,31,35). The number of esters is 1. The summed E-state index contributed by atoms with van der Waals surface area (Å²) < 4.78 is 33.0. The van der Waals surface area contributed by atoms with Crippen LogP contribution in [-0.2, 0) is 29.1 Å². The third kappa shape index (κ3) is 7.33. The van der Waals surface area contributed by atoms with Crippen LogP contribution in [0.4, 0.5) is 5.69 Å². The molecule has 0 saturated carbocycles. The summed E-state index contributed by atoms with van der Waals surface area (Å²) >= 11 is 0. The van der Waals surface area contributed by atoms with Gasteiger partial charge < -0.3 is 19.9 Å². The van der Waals surface area contributed by atoms with E-state index in [9.17, 15) is 22.8 Å². The van der Waals surface area contributed by atoms with E-state index < -0.39 is 34.5 Å². The van der Waals surface area contributed by atoms with Crippen LogP contribution in [0, 0.1) is 0 Å². The predicted octanol–water partition coefficient (Wildman–Crippen LogP) is 1.69. The fourth-order valence-electron chi connectivity index (χ4n) is 4.75. The smallest absolute Gasteiger partial charge is 0.330 e. The summed E-state index contributed by atoms with van der Waals surface area (Å²) in [4.78, 5) is 45.2. The van der Waals surface area contributed by atoms with Gasteiger partial charge in [-0.1, -0.05) is 30.3 Å². The monoisotopic (exact) mass is 567 g/mol. The Kier molecular flexibility index (Phi) is 9.67. The molecule has 2 aromatic carbocycles. The number of ether oxygens (including phenoxy) is 1.